The molecule has 1 saturated carbocycles. The van der Waals surface area contributed by atoms with Gasteiger partial charge in [-0.3, -0.25) is 9.59 Å². The largest absolute Gasteiger partial charge is 0.508 e. The number of nitrogens with one attached hydrogen (secondary N) is 1. The number of benzene rings is 1. The second-order valence-electron chi connectivity index (χ2n) is 5.27. The Morgan fingerprint density at radius 1 is 1.15 bits per heavy atom. The van der Waals surface area contributed by atoms with E-state index in [4.69, 9.17) is 0 Å². The highest BCUT2D eigenvalue weighted by Crippen LogP contribution is 2.38. The van der Waals surface area contributed by atoms with Gasteiger partial charge in [-0.2, -0.15) is 0 Å². The Kier molecular flexibility index (Phi) is 4.27. The molecule has 0 saturated heterocycles. The molecule has 0 heterocycles. The molecule has 0 aliphatic heterocycles. The third-order valence-corrected chi connectivity index (χ3v) is 3.94. The highest BCUT2D eigenvalue weighted by molar-refractivity contribution is 6.02. The van der Waals surface area contributed by atoms with Crippen molar-refractivity contribution in [3.63, 3.8) is 0 Å². The number of aliphatic carboxylic acids is 1. The van der Waals surface area contributed by atoms with E-state index in [0.29, 0.717) is 25.8 Å². The van der Waals surface area contributed by atoms with Crippen LogP contribution in [0.4, 0.5) is 0 Å². The Balaban J connectivity index is 1.88. The molecule has 0 radical (unpaired) electrons. The van der Waals surface area contributed by atoms with Crippen molar-refractivity contribution in [2.24, 2.45) is 5.41 Å². The number of aromatic hydroxyl groups is 1. The molecule has 2 rings (SSSR count). The van der Waals surface area contributed by atoms with E-state index in [1.165, 1.54) is 0 Å². The normalized spacial score (nSPS) is 16.8. The number of carbonyl (C=O) groups excluding carboxylic acids is 1. The Morgan fingerprint density at radius 3 is 2.30 bits per heavy atom. The quantitative estimate of drug-likeness (QED) is 0.715. The molecule has 0 unspecified atom stereocenters. The van der Waals surface area contributed by atoms with Crippen LogP contribution in [0.15, 0.2) is 24.3 Å². The van der Waals surface area contributed by atoms with Crippen LogP contribution in [0.25, 0.3) is 0 Å². The number of amides is 1. The molecule has 1 aliphatic rings. The summed E-state index contributed by atoms with van der Waals surface area (Å²) in [6.45, 7) is 0.401. The van der Waals surface area contributed by atoms with Gasteiger partial charge in [0.15, 0.2) is 0 Å². The van der Waals surface area contributed by atoms with Crippen molar-refractivity contribution in [1.82, 2.24) is 5.32 Å². The van der Waals surface area contributed by atoms with E-state index >= 15 is 0 Å². The summed E-state index contributed by atoms with van der Waals surface area (Å²) >= 11 is 0. The monoisotopic (exact) mass is 277 g/mol. The summed E-state index contributed by atoms with van der Waals surface area (Å²) in [5.41, 5.74) is -0.242. The van der Waals surface area contributed by atoms with Crippen LogP contribution in [0.2, 0.25) is 0 Å². The van der Waals surface area contributed by atoms with E-state index in [1.54, 1.807) is 24.3 Å². The minimum atomic E-state index is -1.23. The first-order valence-corrected chi connectivity index (χ1v) is 6.84. The van der Waals surface area contributed by atoms with Crippen LogP contribution >= 0.6 is 0 Å². The molecule has 1 aromatic rings. The molecule has 108 valence electrons. The molecule has 3 N–H and O–H groups in total. The lowest BCUT2D eigenvalue weighted by Gasteiger charge is -2.22. The molecule has 0 spiro atoms. The zero-order chi connectivity index (χ0) is 14.6. The summed E-state index contributed by atoms with van der Waals surface area (Å²) in [5, 5.41) is 21.2. The van der Waals surface area contributed by atoms with Gasteiger partial charge < -0.3 is 15.5 Å². The summed E-state index contributed by atoms with van der Waals surface area (Å²) in [7, 11) is 0. The van der Waals surface area contributed by atoms with Crippen molar-refractivity contribution in [3.05, 3.63) is 29.8 Å². The number of rotatable bonds is 5. The molecule has 1 aliphatic carbocycles. The van der Waals surface area contributed by atoms with Crippen LogP contribution in [0.5, 0.6) is 5.75 Å². The molecule has 1 fully saturated rings. The van der Waals surface area contributed by atoms with E-state index in [9.17, 15) is 19.8 Å². The van der Waals surface area contributed by atoms with Crippen molar-refractivity contribution in [1.29, 1.82) is 0 Å². The molecule has 1 amide bonds. The zero-order valence-corrected chi connectivity index (χ0v) is 11.3. The predicted molar refractivity (Wildman–Crippen MR) is 73.4 cm³/mol. The van der Waals surface area contributed by atoms with Crippen molar-refractivity contribution < 1.29 is 19.8 Å². The van der Waals surface area contributed by atoms with Crippen molar-refractivity contribution in [2.75, 3.05) is 6.54 Å². The molecular weight excluding hydrogens is 258 g/mol. The molecule has 20 heavy (non-hydrogen) atoms. The average Bonchev–Trinajstić information content (AvgIpc) is 2.91. The molecule has 0 bridgehead atoms. The number of carboxylic acid groups (broad SMARTS) is 1. The third-order valence-electron chi connectivity index (χ3n) is 3.94. The summed E-state index contributed by atoms with van der Waals surface area (Å²) < 4.78 is 0. The maximum atomic E-state index is 12.1. The maximum Gasteiger partial charge on any atom is 0.319 e. The Labute approximate surface area is 117 Å². The van der Waals surface area contributed by atoms with Gasteiger partial charge in [0, 0.05) is 6.54 Å². The van der Waals surface area contributed by atoms with Crippen molar-refractivity contribution in [3.8, 4) is 5.75 Å². The van der Waals surface area contributed by atoms with Gasteiger partial charge >= 0.3 is 5.97 Å². The fraction of sp³-hybridized carbons (Fsp3) is 0.467. The second-order valence-corrected chi connectivity index (χ2v) is 5.27. The first-order chi connectivity index (χ1) is 9.54. The molecule has 5 nitrogen and oxygen atoms in total. The molecule has 1 aromatic carbocycles. The highest BCUT2D eigenvalue weighted by Gasteiger charge is 2.47. The Bertz CT molecular complexity index is 489. The van der Waals surface area contributed by atoms with Gasteiger partial charge in [-0.1, -0.05) is 25.0 Å². The predicted octanol–water partition coefficient (Wildman–Crippen LogP) is 1.70. The number of carbonyl (C=O) groups is 2. The zero-order valence-electron chi connectivity index (χ0n) is 11.3. The average molecular weight is 277 g/mol. The SMILES string of the molecule is O=C(O)C1(C(=O)NCCc2ccc(O)cc2)CCCC1. The smallest absolute Gasteiger partial charge is 0.319 e. The molecule has 5 heteroatoms. The lowest BCUT2D eigenvalue weighted by Crippen LogP contribution is -2.45. The van der Waals surface area contributed by atoms with Crippen LogP contribution in [-0.4, -0.2) is 28.6 Å². The van der Waals surface area contributed by atoms with Crippen LogP contribution in [0, 0.1) is 5.41 Å². The topological polar surface area (TPSA) is 86.6 Å². The minimum Gasteiger partial charge on any atom is -0.508 e. The number of phenolic OH excluding ortho intramolecular Hbond substituents is 1. The van der Waals surface area contributed by atoms with Crippen LogP contribution < -0.4 is 5.32 Å². The van der Waals surface area contributed by atoms with E-state index in [2.05, 4.69) is 5.32 Å². The van der Waals surface area contributed by atoms with Crippen LogP contribution in [0.3, 0.4) is 0 Å². The Hall–Kier alpha value is -2.04. The lowest BCUT2D eigenvalue weighted by molar-refractivity contribution is -0.155. The minimum absolute atomic E-state index is 0.202. The standard InChI is InChI=1S/C15H19NO4/c17-12-5-3-11(4-6-12)7-10-16-13(18)15(14(19)20)8-1-2-9-15/h3-6,17H,1-2,7-10H2,(H,16,18)(H,19,20). The van der Waals surface area contributed by atoms with E-state index < -0.39 is 11.4 Å². The van der Waals surface area contributed by atoms with Gasteiger partial charge in [0.1, 0.15) is 11.2 Å². The molecular formula is C15H19NO4. The van der Waals surface area contributed by atoms with Gasteiger partial charge in [0.05, 0.1) is 0 Å². The lowest BCUT2D eigenvalue weighted by atomic mass is 9.85. The first-order valence-electron chi connectivity index (χ1n) is 6.84. The number of hydrogen-bond donors (Lipinski definition) is 3. The highest BCUT2D eigenvalue weighted by atomic mass is 16.4. The fourth-order valence-corrected chi connectivity index (χ4v) is 2.67. The number of phenols is 1. The summed E-state index contributed by atoms with van der Waals surface area (Å²) in [6.07, 6.45) is 3.04. The van der Waals surface area contributed by atoms with E-state index in [-0.39, 0.29) is 11.7 Å². The summed E-state index contributed by atoms with van der Waals surface area (Å²) in [6, 6.07) is 6.74. The second kappa shape index (κ2) is 5.94. The number of carboxylic acids is 1. The van der Waals surface area contributed by atoms with Gasteiger partial charge in [-0.25, -0.2) is 0 Å². The van der Waals surface area contributed by atoms with Gasteiger partial charge in [0.2, 0.25) is 5.91 Å². The van der Waals surface area contributed by atoms with Gasteiger partial charge in [-0.15, -0.1) is 0 Å². The van der Waals surface area contributed by atoms with Crippen LogP contribution in [0.1, 0.15) is 31.2 Å². The maximum absolute atomic E-state index is 12.1. The van der Waals surface area contributed by atoms with Crippen molar-refractivity contribution >= 4 is 11.9 Å². The summed E-state index contributed by atoms with van der Waals surface area (Å²) in [4.78, 5) is 23.5. The molecule has 0 aromatic heterocycles. The fourth-order valence-electron chi connectivity index (χ4n) is 2.67. The van der Waals surface area contributed by atoms with E-state index in [1.807, 2.05) is 0 Å². The van der Waals surface area contributed by atoms with Crippen molar-refractivity contribution in [2.45, 2.75) is 32.1 Å². The van der Waals surface area contributed by atoms with E-state index in [0.717, 1.165) is 18.4 Å². The molecule has 0 atom stereocenters. The number of hydrogen-bond acceptors (Lipinski definition) is 3. The van der Waals surface area contributed by atoms with Gasteiger partial charge in [-0.05, 0) is 37.0 Å². The third kappa shape index (κ3) is 2.92. The van der Waals surface area contributed by atoms with Gasteiger partial charge in [0.25, 0.3) is 0 Å². The Morgan fingerprint density at radius 2 is 1.75 bits per heavy atom. The van der Waals surface area contributed by atoms with Crippen LogP contribution in [-0.2, 0) is 16.0 Å². The summed E-state index contributed by atoms with van der Waals surface area (Å²) in [5.74, 6) is -1.19. The first kappa shape index (κ1) is 14.4.